The molecule has 168 valence electrons. The van der Waals surface area contributed by atoms with Gasteiger partial charge in [0.1, 0.15) is 18.4 Å². The number of hydrogen-bond donors (Lipinski definition) is 1. The Kier molecular flexibility index (Phi) is 6.64. The first-order valence-electron chi connectivity index (χ1n) is 10.1. The Morgan fingerprint density at radius 3 is 2.48 bits per heavy atom. The fourth-order valence-electron chi connectivity index (χ4n) is 3.82. The molecule has 0 fully saturated rings. The van der Waals surface area contributed by atoms with Crippen LogP contribution >= 0.6 is 23.2 Å². The van der Waals surface area contributed by atoms with Crippen molar-refractivity contribution < 1.29 is 14.2 Å². The molecule has 1 N–H and O–H groups in total. The maximum atomic E-state index is 9.75. The van der Waals surface area contributed by atoms with Crippen LogP contribution in [0.5, 0.6) is 17.2 Å². The van der Waals surface area contributed by atoms with Crippen LogP contribution in [0.4, 0.5) is 11.4 Å². The van der Waals surface area contributed by atoms with Gasteiger partial charge in [-0.15, -0.1) is 11.6 Å². The van der Waals surface area contributed by atoms with Gasteiger partial charge < -0.3 is 19.5 Å². The fourth-order valence-corrected chi connectivity index (χ4v) is 4.16. The van der Waals surface area contributed by atoms with Crippen LogP contribution in [0.15, 0.2) is 42.6 Å². The minimum Gasteiger partial charge on any atom is -0.496 e. The number of alkyl halides is 1. The molecule has 6 nitrogen and oxygen atoms in total. The van der Waals surface area contributed by atoms with Crippen LogP contribution in [-0.2, 0) is 0 Å². The van der Waals surface area contributed by atoms with E-state index >= 15 is 0 Å². The van der Waals surface area contributed by atoms with Gasteiger partial charge in [0.25, 0.3) is 0 Å². The normalized spacial score (nSPS) is 10.8. The van der Waals surface area contributed by atoms with Crippen LogP contribution in [-0.4, -0.2) is 31.7 Å². The highest BCUT2D eigenvalue weighted by Gasteiger charge is 2.17. The maximum absolute atomic E-state index is 9.75. The highest BCUT2D eigenvalue weighted by Crippen LogP contribution is 2.41. The minimum absolute atomic E-state index is 0.371. The topological polar surface area (TPSA) is 76.4 Å². The van der Waals surface area contributed by atoms with E-state index < -0.39 is 0 Å². The van der Waals surface area contributed by atoms with Crippen molar-refractivity contribution in [1.29, 1.82) is 5.26 Å². The highest BCUT2D eigenvalue weighted by atomic mass is 35.5. The number of benzene rings is 3. The van der Waals surface area contributed by atoms with E-state index in [1.807, 2.05) is 43.3 Å². The number of nitrogens with zero attached hydrogens (tertiary/aromatic N) is 2. The average molecular weight is 482 g/mol. The molecule has 0 unspecified atom stereocenters. The van der Waals surface area contributed by atoms with Gasteiger partial charge >= 0.3 is 0 Å². The Bertz CT molecular complexity index is 1400. The smallest absolute Gasteiger partial charge is 0.168 e. The summed E-state index contributed by atoms with van der Waals surface area (Å²) in [5.41, 5.74) is 3.26. The lowest BCUT2D eigenvalue weighted by Gasteiger charge is -2.17. The summed E-state index contributed by atoms with van der Waals surface area (Å²) in [5, 5.41) is 16.1. The number of anilines is 2. The highest BCUT2D eigenvalue weighted by molar-refractivity contribution is 6.33. The summed E-state index contributed by atoms with van der Waals surface area (Å²) in [6.45, 7) is 2.29. The molecule has 0 bridgehead atoms. The summed E-state index contributed by atoms with van der Waals surface area (Å²) in [7, 11) is 3.20. The number of rotatable bonds is 7. The maximum Gasteiger partial charge on any atom is 0.168 e. The van der Waals surface area contributed by atoms with Crippen molar-refractivity contribution in [2.24, 2.45) is 0 Å². The number of pyridine rings is 1. The second-order valence-electron chi connectivity index (χ2n) is 7.28. The number of halogens is 2. The lowest BCUT2D eigenvalue weighted by molar-refractivity contribution is 0.315. The quantitative estimate of drug-likeness (QED) is 0.236. The fraction of sp³-hybridized carbons (Fsp3) is 0.200. The number of hydrogen-bond acceptors (Lipinski definition) is 6. The summed E-state index contributed by atoms with van der Waals surface area (Å²) < 4.78 is 16.8. The Hall–Kier alpha value is -3.40. The molecule has 0 saturated heterocycles. The summed E-state index contributed by atoms with van der Waals surface area (Å²) >= 11 is 12.3. The summed E-state index contributed by atoms with van der Waals surface area (Å²) in [4.78, 5) is 4.58. The van der Waals surface area contributed by atoms with Gasteiger partial charge in [-0.2, -0.15) is 5.26 Å². The van der Waals surface area contributed by atoms with Crippen molar-refractivity contribution in [3.05, 3.63) is 58.7 Å². The first-order valence-corrected chi connectivity index (χ1v) is 11.1. The predicted molar refractivity (Wildman–Crippen MR) is 133 cm³/mol. The average Bonchev–Trinajstić information content (AvgIpc) is 2.83. The van der Waals surface area contributed by atoms with Crippen molar-refractivity contribution in [2.45, 2.75) is 6.92 Å². The van der Waals surface area contributed by atoms with Gasteiger partial charge in [-0.1, -0.05) is 11.6 Å². The van der Waals surface area contributed by atoms with Crippen LogP contribution < -0.4 is 19.5 Å². The summed E-state index contributed by atoms with van der Waals surface area (Å²) in [5.74, 6) is 2.28. The first kappa shape index (κ1) is 22.8. The Morgan fingerprint density at radius 2 is 1.79 bits per heavy atom. The van der Waals surface area contributed by atoms with E-state index in [1.165, 1.54) is 0 Å². The molecule has 0 aliphatic heterocycles. The largest absolute Gasteiger partial charge is 0.496 e. The van der Waals surface area contributed by atoms with Gasteiger partial charge in [0.05, 0.1) is 47.6 Å². The van der Waals surface area contributed by atoms with E-state index in [4.69, 9.17) is 37.4 Å². The number of ether oxygens (including phenoxy) is 3. The third kappa shape index (κ3) is 4.18. The molecule has 0 spiro atoms. The molecule has 8 heteroatoms. The van der Waals surface area contributed by atoms with Gasteiger partial charge in [0.2, 0.25) is 0 Å². The predicted octanol–water partition coefficient (Wildman–Crippen LogP) is 6.60. The second-order valence-corrected chi connectivity index (χ2v) is 8.06. The van der Waals surface area contributed by atoms with Crippen LogP contribution in [0.2, 0.25) is 5.02 Å². The zero-order valence-electron chi connectivity index (χ0n) is 18.3. The van der Waals surface area contributed by atoms with Gasteiger partial charge in [-0.25, -0.2) is 0 Å². The standard InChI is InChI=1S/C25H21Cl2N3O3/c1-14-10-19(27)20(11-22(14)31-2)30-23-15(12-28)13-29-24-16-6-7-21(33-9-8-26)25(32-3)17(16)4-5-18(23)24/h4-7,10-11,13H,8-9H2,1-3H3,(H,29,30). The van der Waals surface area contributed by atoms with Crippen molar-refractivity contribution in [2.75, 3.05) is 32.0 Å². The lowest BCUT2D eigenvalue weighted by atomic mass is 10.0. The molecule has 0 radical (unpaired) electrons. The van der Waals surface area contributed by atoms with E-state index in [1.54, 1.807) is 20.4 Å². The Balaban J connectivity index is 1.92. The third-order valence-corrected chi connectivity index (χ3v) is 5.82. The Morgan fingerprint density at radius 1 is 1.03 bits per heavy atom. The molecule has 0 atom stereocenters. The number of aryl methyl sites for hydroxylation is 1. The van der Waals surface area contributed by atoms with E-state index in [2.05, 4.69) is 16.4 Å². The van der Waals surface area contributed by atoms with Crippen molar-refractivity contribution in [1.82, 2.24) is 4.98 Å². The SMILES string of the molecule is COc1cc(Nc2c(C#N)cnc3c2ccc2c(OC)c(OCCCl)ccc23)c(Cl)cc1C. The molecule has 1 aromatic heterocycles. The molecule has 0 aliphatic carbocycles. The molecule has 3 aromatic carbocycles. The van der Waals surface area contributed by atoms with Crippen molar-refractivity contribution >= 4 is 56.3 Å². The number of nitriles is 1. The lowest BCUT2D eigenvalue weighted by Crippen LogP contribution is -2.01. The van der Waals surface area contributed by atoms with Crippen LogP contribution in [0.3, 0.4) is 0 Å². The van der Waals surface area contributed by atoms with Crippen LogP contribution in [0.25, 0.3) is 21.7 Å². The van der Waals surface area contributed by atoms with E-state index in [0.717, 1.165) is 21.7 Å². The molecule has 1 heterocycles. The number of methoxy groups -OCH3 is 2. The zero-order chi connectivity index (χ0) is 23.5. The van der Waals surface area contributed by atoms with Gasteiger partial charge in [0, 0.05) is 28.4 Å². The van der Waals surface area contributed by atoms with Gasteiger partial charge in [-0.3, -0.25) is 4.98 Å². The summed E-state index contributed by atoms with van der Waals surface area (Å²) in [6.07, 6.45) is 1.55. The van der Waals surface area contributed by atoms with E-state index in [-0.39, 0.29) is 0 Å². The molecule has 0 amide bonds. The third-order valence-electron chi connectivity index (χ3n) is 5.35. The molecule has 4 aromatic rings. The molecule has 0 aliphatic rings. The second kappa shape index (κ2) is 9.62. The van der Waals surface area contributed by atoms with E-state index in [0.29, 0.717) is 57.2 Å². The van der Waals surface area contributed by atoms with Crippen LogP contribution in [0, 0.1) is 18.3 Å². The molecule has 4 rings (SSSR count). The molecular formula is C25H21Cl2N3O3. The zero-order valence-corrected chi connectivity index (χ0v) is 19.8. The molecular weight excluding hydrogens is 461 g/mol. The van der Waals surface area contributed by atoms with Gasteiger partial charge in [-0.05, 0) is 42.8 Å². The van der Waals surface area contributed by atoms with Crippen molar-refractivity contribution in [3.8, 4) is 23.3 Å². The number of aromatic nitrogens is 1. The number of fused-ring (bicyclic) bond motifs is 3. The Labute approximate surface area is 201 Å². The van der Waals surface area contributed by atoms with E-state index in [9.17, 15) is 5.26 Å². The van der Waals surface area contributed by atoms with Gasteiger partial charge in [0.15, 0.2) is 11.5 Å². The summed E-state index contributed by atoms with van der Waals surface area (Å²) in [6, 6.07) is 13.4. The molecule has 0 saturated carbocycles. The van der Waals surface area contributed by atoms with Crippen molar-refractivity contribution in [3.63, 3.8) is 0 Å². The number of nitrogens with one attached hydrogen (secondary N) is 1. The molecule has 33 heavy (non-hydrogen) atoms. The first-order chi connectivity index (χ1) is 16.0. The van der Waals surface area contributed by atoms with Crippen LogP contribution in [0.1, 0.15) is 11.1 Å². The minimum atomic E-state index is 0.371. The monoisotopic (exact) mass is 481 g/mol.